The van der Waals surface area contributed by atoms with Crippen LogP contribution >= 0.6 is 0 Å². The lowest BCUT2D eigenvalue weighted by Crippen LogP contribution is -2.29. The first-order valence-corrected chi connectivity index (χ1v) is 11.1. The molecular formula is C22H45NO2. The molecule has 3 nitrogen and oxygen atoms in total. The highest BCUT2D eigenvalue weighted by Gasteiger charge is 2.09. The van der Waals surface area contributed by atoms with Crippen LogP contribution in [-0.4, -0.2) is 19.2 Å². The van der Waals surface area contributed by atoms with Crippen molar-refractivity contribution >= 4 is 5.97 Å². The number of hydrogen-bond donors (Lipinski definition) is 1. The van der Waals surface area contributed by atoms with E-state index < -0.39 is 0 Å². The van der Waals surface area contributed by atoms with Crippen LogP contribution in [0.2, 0.25) is 0 Å². The Morgan fingerprint density at radius 1 is 0.720 bits per heavy atom. The zero-order chi connectivity index (χ0) is 18.6. The average molecular weight is 356 g/mol. The van der Waals surface area contributed by atoms with E-state index in [4.69, 9.17) is 4.74 Å². The number of carbonyl (C=O) groups is 1. The van der Waals surface area contributed by atoms with Crippen LogP contribution in [0.1, 0.15) is 123 Å². The summed E-state index contributed by atoms with van der Waals surface area (Å²) < 4.78 is 5.32. The fourth-order valence-electron chi connectivity index (χ4n) is 3.20. The first-order chi connectivity index (χ1) is 12.2. The molecule has 0 amide bonds. The quantitative estimate of drug-likeness (QED) is 0.158. The molecule has 0 aliphatic rings. The fourth-order valence-corrected chi connectivity index (χ4v) is 3.20. The third kappa shape index (κ3) is 18.0. The topological polar surface area (TPSA) is 38.3 Å². The molecule has 0 saturated heterocycles. The summed E-state index contributed by atoms with van der Waals surface area (Å²) >= 11 is 0. The van der Waals surface area contributed by atoms with Gasteiger partial charge in [-0.15, -0.1) is 0 Å². The minimum atomic E-state index is -0.121. The maximum Gasteiger partial charge on any atom is 0.307 e. The lowest BCUT2D eigenvalue weighted by Gasteiger charge is -2.14. The first kappa shape index (κ1) is 24.4. The lowest BCUT2D eigenvalue weighted by atomic mass is 10.0. The predicted octanol–water partition coefficient (Wildman–Crippen LogP) is 6.75. The summed E-state index contributed by atoms with van der Waals surface area (Å²) in [6.07, 6.45) is 21.5. The van der Waals surface area contributed by atoms with Gasteiger partial charge in [0.1, 0.15) is 0 Å². The van der Waals surface area contributed by atoms with Crippen molar-refractivity contribution in [2.75, 3.05) is 7.05 Å². The first-order valence-electron chi connectivity index (χ1n) is 11.1. The summed E-state index contributed by atoms with van der Waals surface area (Å²) in [5.41, 5.74) is 0. The summed E-state index contributed by atoms with van der Waals surface area (Å²) in [7, 11) is 1.83. The number of rotatable bonds is 19. The van der Waals surface area contributed by atoms with Crippen LogP contribution in [0.4, 0.5) is 0 Å². The maximum absolute atomic E-state index is 11.6. The van der Waals surface area contributed by atoms with Crippen molar-refractivity contribution in [2.24, 2.45) is 0 Å². The molecule has 0 aromatic heterocycles. The van der Waals surface area contributed by atoms with Crippen molar-refractivity contribution < 1.29 is 9.53 Å². The van der Waals surface area contributed by atoms with Crippen LogP contribution in [0.5, 0.6) is 0 Å². The van der Waals surface area contributed by atoms with E-state index in [0.717, 1.165) is 19.3 Å². The Hall–Kier alpha value is -0.570. The van der Waals surface area contributed by atoms with E-state index >= 15 is 0 Å². The van der Waals surface area contributed by atoms with Crippen LogP contribution in [-0.2, 0) is 9.53 Å². The summed E-state index contributed by atoms with van der Waals surface area (Å²) in [5.74, 6) is -0.0594. The summed E-state index contributed by atoms with van der Waals surface area (Å²) in [6, 6.07) is 0. The molecule has 0 saturated carbocycles. The zero-order valence-corrected chi connectivity index (χ0v) is 17.4. The standard InChI is InChI=1S/C22H45NO2/c1-4-6-7-8-9-10-11-12-13-14-15-16-17-18-19-20-22(24)25-21(5-2)23-3/h21,23H,4-20H2,1-3H3. The smallest absolute Gasteiger partial charge is 0.307 e. The highest BCUT2D eigenvalue weighted by atomic mass is 16.6. The number of hydrogen-bond acceptors (Lipinski definition) is 3. The number of nitrogens with one attached hydrogen (secondary N) is 1. The molecule has 0 aromatic rings. The van der Waals surface area contributed by atoms with E-state index in [1.165, 1.54) is 83.5 Å². The second-order valence-corrected chi connectivity index (χ2v) is 7.38. The molecule has 0 bridgehead atoms. The van der Waals surface area contributed by atoms with Gasteiger partial charge in [0.05, 0.1) is 0 Å². The number of ether oxygens (including phenoxy) is 1. The number of unbranched alkanes of at least 4 members (excludes halogenated alkanes) is 14. The molecule has 3 heteroatoms. The van der Waals surface area contributed by atoms with Crippen molar-refractivity contribution in [2.45, 2.75) is 129 Å². The van der Waals surface area contributed by atoms with Gasteiger partial charge in [0, 0.05) is 6.42 Å². The summed E-state index contributed by atoms with van der Waals surface area (Å²) in [6.45, 7) is 4.29. The van der Waals surface area contributed by atoms with Gasteiger partial charge in [-0.3, -0.25) is 10.1 Å². The molecule has 25 heavy (non-hydrogen) atoms. The molecule has 0 aliphatic carbocycles. The van der Waals surface area contributed by atoms with Gasteiger partial charge in [0.15, 0.2) is 6.23 Å². The van der Waals surface area contributed by atoms with Gasteiger partial charge in [-0.25, -0.2) is 0 Å². The Morgan fingerprint density at radius 3 is 1.48 bits per heavy atom. The van der Waals surface area contributed by atoms with E-state index in [1.807, 2.05) is 14.0 Å². The van der Waals surface area contributed by atoms with Crippen LogP contribution in [0.3, 0.4) is 0 Å². The van der Waals surface area contributed by atoms with Crippen molar-refractivity contribution in [1.82, 2.24) is 5.32 Å². The zero-order valence-electron chi connectivity index (χ0n) is 17.4. The molecule has 0 aliphatic heterocycles. The van der Waals surface area contributed by atoms with E-state index in [0.29, 0.717) is 6.42 Å². The number of esters is 1. The largest absolute Gasteiger partial charge is 0.447 e. The van der Waals surface area contributed by atoms with Crippen LogP contribution in [0.15, 0.2) is 0 Å². The Labute approximate surface area is 157 Å². The highest BCUT2D eigenvalue weighted by Crippen LogP contribution is 2.13. The van der Waals surface area contributed by atoms with Crippen LogP contribution < -0.4 is 5.32 Å². The molecule has 0 fully saturated rings. The molecule has 0 heterocycles. The molecule has 1 unspecified atom stereocenters. The highest BCUT2D eigenvalue weighted by molar-refractivity contribution is 5.69. The van der Waals surface area contributed by atoms with Gasteiger partial charge in [-0.1, -0.05) is 104 Å². The van der Waals surface area contributed by atoms with Gasteiger partial charge in [0.25, 0.3) is 0 Å². The SMILES string of the molecule is CCCCCCCCCCCCCCCCCC(=O)OC(CC)NC. The summed E-state index contributed by atoms with van der Waals surface area (Å²) in [5, 5.41) is 2.99. The van der Waals surface area contributed by atoms with E-state index in [1.54, 1.807) is 0 Å². The second-order valence-electron chi connectivity index (χ2n) is 7.38. The Balaban J connectivity index is 3.17. The number of carbonyl (C=O) groups excluding carboxylic acids is 1. The Kier molecular flexibility index (Phi) is 19.3. The molecule has 0 radical (unpaired) electrons. The average Bonchev–Trinajstić information content (AvgIpc) is 2.62. The molecular weight excluding hydrogens is 310 g/mol. The molecule has 1 atom stereocenters. The second kappa shape index (κ2) is 19.8. The Morgan fingerprint density at radius 2 is 1.12 bits per heavy atom. The monoisotopic (exact) mass is 355 g/mol. The van der Waals surface area contributed by atoms with Gasteiger partial charge in [0.2, 0.25) is 0 Å². The summed E-state index contributed by atoms with van der Waals surface area (Å²) in [4.78, 5) is 11.6. The predicted molar refractivity (Wildman–Crippen MR) is 109 cm³/mol. The lowest BCUT2D eigenvalue weighted by molar-refractivity contribution is -0.150. The van der Waals surface area contributed by atoms with Crippen molar-refractivity contribution in [3.63, 3.8) is 0 Å². The van der Waals surface area contributed by atoms with Crippen molar-refractivity contribution in [1.29, 1.82) is 0 Å². The maximum atomic E-state index is 11.6. The molecule has 150 valence electrons. The van der Waals surface area contributed by atoms with Crippen LogP contribution in [0.25, 0.3) is 0 Å². The molecule has 1 N–H and O–H groups in total. The Bertz CT molecular complexity index is 277. The minimum absolute atomic E-state index is 0.0594. The molecule has 0 aromatic carbocycles. The van der Waals surface area contributed by atoms with Crippen molar-refractivity contribution in [3.8, 4) is 0 Å². The third-order valence-electron chi connectivity index (χ3n) is 4.95. The minimum Gasteiger partial charge on any atom is -0.447 e. The normalized spacial score (nSPS) is 12.3. The van der Waals surface area contributed by atoms with Gasteiger partial charge in [-0.2, -0.15) is 0 Å². The van der Waals surface area contributed by atoms with E-state index in [2.05, 4.69) is 12.2 Å². The van der Waals surface area contributed by atoms with Gasteiger partial charge < -0.3 is 4.74 Å². The molecule has 0 rings (SSSR count). The van der Waals surface area contributed by atoms with Gasteiger partial charge >= 0.3 is 5.97 Å². The third-order valence-corrected chi connectivity index (χ3v) is 4.95. The fraction of sp³-hybridized carbons (Fsp3) is 0.955. The van der Waals surface area contributed by atoms with E-state index in [9.17, 15) is 4.79 Å². The molecule has 0 spiro atoms. The van der Waals surface area contributed by atoms with Crippen LogP contribution in [0, 0.1) is 0 Å². The van der Waals surface area contributed by atoms with Crippen molar-refractivity contribution in [3.05, 3.63) is 0 Å². The van der Waals surface area contributed by atoms with Gasteiger partial charge in [-0.05, 0) is 19.9 Å². The van der Waals surface area contributed by atoms with E-state index in [-0.39, 0.29) is 12.2 Å².